The molecule has 0 amide bonds. The molecule has 2 rings (SSSR count). The fourth-order valence-corrected chi connectivity index (χ4v) is 3.25. The summed E-state index contributed by atoms with van der Waals surface area (Å²) < 4.78 is 36.4. The van der Waals surface area contributed by atoms with Crippen LogP contribution in [0.1, 0.15) is 19.1 Å². The number of aliphatic hydroxyl groups excluding tert-OH is 1. The van der Waals surface area contributed by atoms with Crippen LogP contribution in [-0.4, -0.2) is 43.6 Å². The van der Waals surface area contributed by atoms with E-state index in [1.807, 2.05) is 6.92 Å². The van der Waals surface area contributed by atoms with Gasteiger partial charge in [-0.25, -0.2) is 8.42 Å². The lowest BCUT2D eigenvalue weighted by Gasteiger charge is -2.30. The van der Waals surface area contributed by atoms with E-state index in [0.29, 0.717) is 19.7 Å². The van der Waals surface area contributed by atoms with Crippen molar-refractivity contribution in [2.45, 2.75) is 31.1 Å². The largest absolute Gasteiger partial charge is 0.446 e. The average molecular weight is 275 g/mol. The molecule has 1 saturated heterocycles. The molecule has 18 heavy (non-hydrogen) atoms. The van der Waals surface area contributed by atoms with Gasteiger partial charge >= 0.3 is 0 Å². The third kappa shape index (κ3) is 2.59. The summed E-state index contributed by atoms with van der Waals surface area (Å²) in [6, 6.07) is 2.84. The molecule has 1 unspecified atom stereocenters. The van der Waals surface area contributed by atoms with Crippen LogP contribution in [0.2, 0.25) is 0 Å². The first kappa shape index (κ1) is 13.5. The molecule has 1 N–H and O–H groups in total. The van der Waals surface area contributed by atoms with Crippen LogP contribution < -0.4 is 0 Å². The molecule has 0 spiro atoms. The zero-order valence-corrected chi connectivity index (χ0v) is 11.0. The molecule has 0 bridgehead atoms. The Hall–Kier alpha value is -0.890. The number of rotatable bonds is 4. The van der Waals surface area contributed by atoms with E-state index in [9.17, 15) is 8.42 Å². The van der Waals surface area contributed by atoms with E-state index in [1.165, 1.54) is 16.4 Å². The first-order valence-electron chi connectivity index (χ1n) is 5.89. The summed E-state index contributed by atoms with van der Waals surface area (Å²) in [5, 5.41) is 8.76. The van der Waals surface area contributed by atoms with Gasteiger partial charge in [0.2, 0.25) is 5.09 Å². The summed E-state index contributed by atoms with van der Waals surface area (Å²) >= 11 is 0. The second-order valence-corrected chi connectivity index (χ2v) is 6.01. The monoisotopic (exact) mass is 275 g/mol. The average Bonchev–Trinajstić information content (AvgIpc) is 2.88. The van der Waals surface area contributed by atoms with E-state index >= 15 is 0 Å². The summed E-state index contributed by atoms with van der Waals surface area (Å²) in [7, 11) is -3.62. The van der Waals surface area contributed by atoms with E-state index in [0.717, 1.165) is 6.42 Å². The first-order valence-corrected chi connectivity index (χ1v) is 7.33. The van der Waals surface area contributed by atoms with Gasteiger partial charge in [0.15, 0.2) is 0 Å². The molecule has 1 aromatic rings. The molecule has 1 atom stereocenters. The molecule has 0 aliphatic carbocycles. The molecular weight excluding hydrogens is 258 g/mol. The quantitative estimate of drug-likeness (QED) is 0.869. The van der Waals surface area contributed by atoms with Gasteiger partial charge in [-0.1, -0.05) is 6.92 Å². The van der Waals surface area contributed by atoms with Gasteiger partial charge in [-0.2, -0.15) is 4.31 Å². The van der Waals surface area contributed by atoms with E-state index in [-0.39, 0.29) is 23.6 Å². The summed E-state index contributed by atoms with van der Waals surface area (Å²) in [6.45, 7) is 2.71. The van der Waals surface area contributed by atoms with Gasteiger partial charge in [-0.3, -0.25) is 0 Å². The lowest BCUT2D eigenvalue weighted by molar-refractivity contribution is -0.00317. The standard InChI is InChI=1S/C11H17NO5S/c1-2-9-7-12(5-6-16-9)18(14,15)11-4-3-10(8-13)17-11/h3-4,9,13H,2,5-8H2,1H3. The fourth-order valence-electron chi connectivity index (χ4n) is 1.87. The summed E-state index contributed by atoms with van der Waals surface area (Å²) in [5.74, 6) is 0.244. The highest BCUT2D eigenvalue weighted by Gasteiger charge is 2.32. The third-order valence-corrected chi connectivity index (χ3v) is 4.68. The lowest BCUT2D eigenvalue weighted by atomic mass is 10.2. The van der Waals surface area contributed by atoms with Gasteiger partial charge in [-0.05, 0) is 18.6 Å². The Bertz CT molecular complexity index is 495. The van der Waals surface area contributed by atoms with E-state index < -0.39 is 10.0 Å². The zero-order chi connectivity index (χ0) is 13.2. The number of morpholine rings is 1. The number of hydrogen-bond acceptors (Lipinski definition) is 5. The van der Waals surface area contributed by atoms with Crippen molar-refractivity contribution in [1.29, 1.82) is 0 Å². The van der Waals surface area contributed by atoms with Crippen molar-refractivity contribution in [1.82, 2.24) is 4.31 Å². The Morgan fingerprint density at radius 1 is 1.50 bits per heavy atom. The second kappa shape index (κ2) is 5.40. The molecule has 7 heteroatoms. The number of sulfonamides is 1. The SMILES string of the molecule is CCC1CN(S(=O)(=O)c2ccc(CO)o2)CCO1. The second-order valence-electron chi connectivity index (χ2n) is 4.14. The predicted molar refractivity (Wildman–Crippen MR) is 63.4 cm³/mol. The van der Waals surface area contributed by atoms with Crippen LogP contribution in [-0.2, 0) is 21.4 Å². The molecule has 1 fully saturated rings. The van der Waals surface area contributed by atoms with Gasteiger partial charge in [0.1, 0.15) is 12.4 Å². The molecule has 1 aromatic heterocycles. The third-order valence-electron chi connectivity index (χ3n) is 2.94. The molecule has 102 valence electrons. The minimum atomic E-state index is -3.62. The van der Waals surface area contributed by atoms with Crippen LogP contribution in [0.4, 0.5) is 0 Å². The smallest absolute Gasteiger partial charge is 0.276 e. The maximum absolute atomic E-state index is 12.3. The van der Waals surface area contributed by atoms with Crippen molar-refractivity contribution in [3.05, 3.63) is 17.9 Å². The Morgan fingerprint density at radius 2 is 2.28 bits per heavy atom. The molecule has 0 aromatic carbocycles. The van der Waals surface area contributed by atoms with E-state index in [4.69, 9.17) is 14.3 Å². The normalized spacial score (nSPS) is 22.2. The molecule has 6 nitrogen and oxygen atoms in total. The van der Waals surface area contributed by atoms with E-state index in [2.05, 4.69) is 0 Å². The summed E-state index contributed by atoms with van der Waals surface area (Å²) in [4.78, 5) is 0. The molecule has 1 aliphatic rings. The Kier molecular flexibility index (Phi) is 4.06. The molecule has 1 aliphatic heterocycles. The van der Waals surface area contributed by atoms with Gasteiger partial charge in [-0.15, -0.1) is 0 Å². The van der Waals surface area contributed by atoms with Crippen LogP contribution in [0.15, 0.2) is 21.6 Å². The van der Waals surface area contributed by atoms with Crippen molar-refractivity contribution in [3.63, 3.8) is 0 Å². The van der Waals surface area contributed by atoms with Gasteiger partial charge in [0, 0.05) is 13.1 Å². The van der Waals surface area contributed by atoms with Crippen molar-refractivity contribution >= 4 is 10.0 Å². The van der Waals surface area contributed by atoms with E-state index in [1.54, 1.807) is 0 Å². The van der Waals surface area contributed by atoms with Crippen LogP contribution in [0.3, 0.4) is 0 Å². The van der Waals surface area contributed by atoms with Crippen LogP contribution in [0, 0.1) is 0 Å². The highest BCUT2D eigenvalue weighted by Crippen LogP contribution is 2.21. The lowest BCUT2D eigenvalue weighted by Crippen LogP contribution is -2.45. The Balaban J connectivity index is 2.19. The molecule has 2 heterocycles. The number of ether oxygens (including phenoxy) is 1. The topological polar surface area (TPSA) is 80.0 Å². The van der Waals surface area contributed by atoms with Crippen molar-refractivity contribution < 1.29 is 22.7 Å². The van der Waals surface area contributed by atoms with Crippen molar-refractivity contribution in [2.75, 3.05) is 19.7 Å². The molecule has 0 radical (unpaired) electrons. The van der Waals surface area contributed by atoms with Crippen LogP contribution in [0.5, 0.6) is 0 Å². The number of hydrogen-bond donors (Lipinski definition) is 1. The molecule has 0 saturated carbocycles. The minimum absolute atomic E-state index is 0.0687. The van der Waals surface area contributed by atoms with Crippen LogP contribution in [0.25, 0.3) is 0 Å². The van der Waals surface area contributed by atoms with Crippen molar-refractivity contribution in [2.24, 2.45) is 0 Å². The Morgan fingerprint density at radius 3 is 2.89 bits per heavy atom. The molecular formula is C11H17NO5S. The zero-order valence-electron chi connectivity index (χ0n) is 10.2. The fraction of sp³-hybridized carbons (Fsp3) is 0.636. The number of aliphatic hydroxyl groups is 1. The maximum atomic E-state index is 12.3. The van der Waals surface area contributed by atoms with Gasteiger partial charge in [0.05, 0.1) is 12.7 Å². The Labute approximate surface area is 106 Å². The van der Waals surface area contributed by atoms with Crippen LogP contribution >= 0.6 is 0 Å². The first-order chi connectivity index (χ1) is 8.57. The highest BCUT2D eigenvalue weighted by atomic mass is 32.2. The number of nitrogens with zero attached hydrogens (tertiary/aromatic N) is 1. The number of furan rings is 1. The summed E-state index contributed by atoms with van der Waals surface area (Å²) in [6.07, 6.45) is 0.701. The maximum Gasteiger partial charge on any atom is 0.276 e. The predicted octanol–water partition coefficient (Wildman–Crippen LogP) is 0.571. The van der Waals surface area contributed by atoms with Gasteiger partial charge < -0.3 is 14.3 Å². The van der Waals surface area contributed by atoms with Crippen molar-refractivity contribution in [3.8, 4) is 0 Å². The highest BCUT2D eigenvalue weighted by molar-refractivity contribution is 7.89. The minimum Gasteiger partial charge on any atom is -0.446 e. The summed E-state index contributed by atoms with van der Waals surface area (Å²) in [5.41, 5.74) is 0. The van der Waals surface area contributed by atoms with Gasteiger partial charge in [0.25, 0.3) is 10.0 Å².